The molecule has 3 rings (SSSR count). The van der Waals surface area contributed by atoms with Crippen molar-refractivity contribution in [1.82, 2.24) is 15.5 Å². The summed E-state index contributed by atoms with van der Waals surface area (Å²) in [5.41, 5.74) is 1.52. The van der Waals surface area contributed by atoms with Crippen LogP contribution in [0, 0.1) is 18.7 Å². The Bertz CT molecular complexity index is 570. The van der Waals surface area contributed by atoms with E-state index in [4.69, 9.17) is 4.52 Å². The van der Waals surface area contributed by atoms with Gasteiger partial charge in [-0.15, -0.1) is 0 Å². The lowest BCUT2D eigenvalue weighted by atomic mass is 9.95. The van der Waals surface area contributed by atoms with Gasteiger partial charge in [0.05, 0.1) is 0 Å². The van der Waals surface area contributed by atoms with Crippen LogP contribution in [0.5, 0.6) is 0 Å². The predicted molar refractivity (Wildman–Crippen MR) is 73.7 cm³/mol. The van der Waals surface area contributed by atoms with Crippen molar-refractivity contribution in [3.63, 3.8) is 0 Å². The molecule has 5 heteroatoms. The lowest BCUT2D eigenvalue weighted by Gasteiger charge is -2.20. The zero-order valence-electron chi connectivity index (χ0n) is 11.5. The van der Waals surface area contributed by atoms with E-state index in [0.29, 0.717) is 23.2 Å². The normalized spacial score (nSPS) is 16.5. The molecule has 1 N–H and O–H groups in total. The Morgan fingerprint density at radius 3 is 2.85 bits per heavy atom. The summed E-state index contributed by atoms with van der Waals surface area (Å²) >= 11 is 0. The SMILES string of the molecule is Cc1cc(F)cc(-c2noc(CC3CCNCC3)n2)c1. The van der Waals surface area contributed by atoms with Crippen LogP contribution in [0.3, 0.4) is 0 Å². The average molecular weight is 275 g/mol. The molecule has 20 heavy (non-hydrogen) atoms. The Labute approximate surface area is 117 Å². The largest absolute Gasteiger partial charge is 0.339 e. The molecule has 1 aliphatic heterocycles. The number of halogens is 1. The number of piperidine rings is 1. The topological polar surface area (TPSA) is 51.0 Å². The fourth-order valence-corrected chi connectivity index (χ4v) is 2.65. The van der Waals surface area contributed by atoms with Crippen LogP contribution >= 0.6 is 0 Å². The van der Waals surface area contributed by atoms with Gasteiger partial charge in [0.1, 0.15) is 5.82 Å². The molecule has 2 aromatic rings. The standard InChI is InChI=1S/C15H18FN3O/c1-10-6-12(9-13(16)7-10)15-18-14(20-19-15)8-11-2-4-17-5-3-11/h6-7,9,11,17H,2-5,8H2,1H3. The number of hydrogen-bond acceptors (Lipinski definition) is 4. The summed E-state index contributed by atoms with van der Waals surface area (Å²) in [6.07, 6.45) is 3.08. The predicted octanol–water partition coefficient (Wildman–Crippen LogP) is 2.73. The minimum absolute atomic E-state index is 0.273. The molecular weight excluding hydrogens is 257 g/mol. The first-order valence-corrected chi connectivity index (χ1v) is 7.01. The van der Waals surface area contributed by atoms with Gasteiger partial charge in [0, 0.05) is 12.0 Å². The first-order chi connectivity index (χ1) is 9.70. The monoisotopic (exact) mass is 275 g/mol. The Hall–Kier alpha value is -1.75. The molecule has 1 fully saturated rings. The minimum atomic E-state index is -0.273. The fraction of sp³-hybridized carbons (Fsp3) is 0.467. The molecule has 0 spiro atoms. The summed E-state index contributed by atoms with van der Waals surface area (Å²) in [7, 11) is 0. The van der Waals surface area contributed by atoms with Crippen molar-refractivity contribution in [2.24, 2.45) is 5.92 Å². The van der Waals surface area contributed by atoms with Crippen LogP contribution in [0.1, 0.15) is 24.3 Å². The molecule has 0 atom stereocenters. The summed E-state index contributed by atoms with van der Waals surface area (Å²) in [4.78, 5) is 4.39. The lowest BCUT2D eigenvalue weighted by Crippen LogP contribution is -2.28. The summed E-state index contributed by atoms with van der Waals surface area (Å²) < 4.78 is 18.7. The van der Waals surface area contributed by atoms with Gasteiger partial charge >= 0.3 is 0 Å². The zero-order chi connectivity index (χ0) is 13.9. The van der Waals surface area contributed by atoms with Gasteiger partial charge in [-0.2, -0.15) is 4.98 Å². The molecule has 4 nitrogen and oxygen atoms in total. The van der Waals surface area contributed by atoms with Gasteiger partial charge in [-0.25, -0.2) is 4.39 Å². The number of nitrogens with one attached hydrogen (secondary N) is 1. The molecule has 0 bridgehead atoms. The van der Waals surface area contributed by atoms with Crippen LogP contribution in [0.4, 0.5) is 4.39 Å². The van der Waals surface area contributed by atoms with E-state index in [9.17, 15) is 4.39 Å². The van der Waals surface area contributed by atoms with Gasteiger partial charge in [-0.1, -0.05) is 5.16 Å². The maximum Gasteiger partial charge on any atom is 0.227 e. The highest BCUT2D eigenvalue weighted by molar-refractivity contribution is 5.55. The third-order valence-corrected chi connectivity index (χ3v) is 3.69. The smallest absolute Gasteiger partial charge is 0.227 e. The molecular formula is C15H18FN3O. The molecule has 1 aromatic carbocycles. The maximum absolute atomic E-state index is 13.4. The molecule has 0 aliphatic carbocycles. The molecule has 0 saturated carbocycles. The third kappa shape index (κ3) is 3.04. The number of rotatable bonds is 3. The molecule has 1 aliphatic rings. The van der Waals surface area contributed by atoms with E-state index in [1.807, 2.05) is 13.0 Å². The number of aromatic nitrogens is 2. The van der Waals surface area contributed by atoms with E-state index in [1.54, 1.807) is 0 Å². The van der Waals surface area contributed by atoms with Crippen LogP contribution in [0.25, 0.3) is 11.4 Å². The van der Waals surface area contributed by atoms with Crippen molar-refractivity contribution in [3.05, 3.63) is 35.5 Å². The minimum Gasteiger partial charge on any atom is -0.339 e. The average Bonchev–Trinajstić information content (AvgIpc) is 2.87. The lowest BCUT2D eigenvalue weighted by molar-refractivity contribution is 0.313. The molecule has 0 amide bonds. The number of aryl methyl sites for hydroxylation is 1. The van der Waals surface area contributed by atoms with E-state index < -0.39 is 0 Å². The van der Waals surface area contributed by atoms with Gasteiger partial charge in [-0.05, 0) is 62.5 Å². The third-order valence-electron chi connectivity index (χ3n) is 3.69. The molecule has 106 valence electrons. The Kier molecular flexibility index (Phi) is 3.78. The Balaban J connectivity index is 1.75. The Morgan fingerprint density at radius 1 is 1.30 bits per heavy atom. The van der Waals surface area contributed by atoms with E-state index in [2.05, 4.69) is 15.5 Å². The van der Waals surface area contributed by atoms with E-state index >= 15 is 0 Å². The summed E-state index contributed by atoms with van der Waals surface area (Å²) in [5.74, 6) is 1.44. The summed E-state index contributed by atoms with van der Waals surface area (Å²) in [6.45, 7) is 3.95. The van der Waals surface area contributed by atoms with Gasteiger partial charge in [0.2, 0.25) is 11.7 Å². The highest BCUT2D eigenvalue weighted by atomic mass is 19.1. The highest BCUT2D eigenvalue weighted by Gasteiger charge is 2.18. The van der Waals surface area contributed by atoms with Crippen molar-refractivity contribution >= 4 is 0 Å². The second kappa shape index (κ2) is 5.71. The Morgan fingerprint density at radius 2 is 2.10 bits per heavy atom. The number of benzene rings is 1. The van der Waals surface area contributed by atoms with Crippen molar-refractivity contribution in [3.8, 4) is 11.4 Å². The second-order valence-electron chi connectivity index (χ2n) is 5.43. The maximum atomic E-state index is 13.4. The van der Waals surface area contributed by atoms with E-state index in [-0.39, 0.29) is 5.82 Å². The first kappa shape index (κ1) is 13.2. The second-order valence-corrected chi connectivity index (χ2v) is 5.43. The van der Waals surface area contributed by atoms with Crippen molar-refractivity contribution in [1.29, 1.82) is 0 Å². The molecule has 2 heterocycles. The van der Waals surface area contributed by atoms with Crippen LogP contribution in [0.2, 0.25) is 0 Å². The van der Waals surface area contributed by atoms with Gasteiger partial charge in [-0.3, -0.25) is 0 Å². The molecule has 1 saturated heterocycles. The zero-order valence-corrected chi connectivity index (χ0v) is 11.5. The van der Waals surface area contributed by atoms with E-state index in [0.717, 1.165) is 37.9 Å². The van der Waals surface area contributed by atoms with Crippen molar-refractivity contribution in [2.75, 3.05) is 13.1 Å². The number of nitrogens with zero attached hydrogens (tertiary/aromatic N) is 2. The van der Waals surface area contributed by atoms with Gasteiger partial charge in [0.25, 0.3) is 0 Å². The first-order valence-electron chi connectivity index (χ1n) is 7.01. The van der Waals surface area contributed by atoms with Crippen LogP contribution in [-0.4, -0.2) is 23.2 Å². The summed E-state index contributed by atoms with van der Waals surface area (Å²) in [6, 6.07) is 4.79. The molecule has 0 unspecified atom stereocenters. The molecule has 1 aromatic heterocycles. The molecule has 0 radical (unpaired) electrons. The van der Waals surface area contributed by atoms with Crippen LogP contribution in [0.15, 0.2) is 22.7 Å². The van der Waals surface area contributed by atoms with Crippen LogP contribution in [-0.2, 0) is 6.42 Å². The van der Waals surface area contributed by atoms with Crippen molar-refractivity contribution in [2.45, 2.75) is 26.2 Å². The quantitative estimate of drug-likeness (QED) is 0.935. The van der Waals surface area contributed by atoms with Crippen LogP contribution < -0.4 is 5.32 Å². The highest BCUT2D eigenvalue weighted by Crippen LogP contribution is 2.22. The summed E-state index contributed by atoms with van der Waals surface area (Å²) in [5, 5.41) is 7.30. The van der Waals surface area contributed by atoms with Gasteiger partial charge < -0.3 is 9.84 Å². The van der Waals surface area contributed by atoms with Crippen molar-refractivity contribution < 1.29 is 8.91 Å². The number of hydrogen-bond donors (Lipinski definition) is 1. The van der Waals surface area contributed by atoms with Gasteiger partial charge in [0.15, 0.2) is 0 Å². The van der Waals surface area contributed by atoms with E-state index in [1.165, 1.54) is 12.1 Å². The fourth-order valence-electron chi connectivity index (χ4n) is 2.65.